The number of amides is 1. The van der Waals surface area contributed by atoms with E-state index < -0.39 is 10.0 Å². The van der Waals surface area contributed by atoms with Gasteiger partial charge in [0.2, 0.25) is 10.0 Å². The summed E-state index contributed by atoms with van der Waals surface area (Å²) in [4.78, 5) is 13.8. The quantitative estimate of drug-likeness (QED) is 0.803. The van der Waals surface area contributed by atoms with E-state index in [-0.39, 0.29) is 16.8 Å². The average Bonchev–Trinajstić information content (AvgIpc) is 2.65. The van der Waals surface area contributed by atoms with Crippen LogP contribution in [0.25, 0.3) is 0 Å². The van der Waals surface area contributed by atoms with E-state index in [0.717, 1.165) is 5.56 Å². The van der Waals surface area contributed by atoms with E-state index in [9.17, 15) is 13.2 Å². The van der Waals surface area contributed by atoms with Gasteiger partial charge in [-0.25, -0.2) is 8.42 Å². The van der Waals surface area contributed by atoms with Gasteiger partial charge in [-0.2, -0.15) is 4.31 Å². The molecule has 0 heterocycles. The first-order chi connectivity index (χ1) is 12.3. The average molecular weight is 375 g/mol. The predicted octanol–water partition coefficient (Wildman–Crippen LogP) is 1.97. The van der Waals surface area contributed by atoms with Crippen LogP contribution in [-0.2, 0) is 10.0 Å². The number of likely N-dealkylation sites (N-methyl/N-ethyl adjacent to an activating group) is 2. The van der Waals surface area contributed by atoms with Gasteiger partial charge in [0.15, 0.2) is 0 Å². The second kappa shape index (κ2) is 8.44. The molecule has 1 N–H and O–H groups in total. The van der Waals surface area contributed by atoms with Crippen molar-refractivity contribution in [2.75, 3.05) is 34.7 Å². The van der Waals surface area contributed by atoms with Crippen molar-refractivity contribution in [2.45, 2.75) is 10.9 Å². The van der Waals surface area contributed by atoms with Crippen molar-refractivity contribution in [3.63, 3.8) is 0 Å². The zero-order chi connectivity index (χ0) is 19.3. The van der Waals surface area contributed by atoms with Gasteiger partial charge in [0.05, 0.1) is 10.9 Å². The molecule has 0 bridgehead atoms. The normalized spacial score (nSPS) is 13.0. The lowest BCUT2D eigenvalue weighted by atomic mass is 10.1. The van der Waals surface area contributed by atoms with Crippen molar-refractivity contribution >= 4 is 15.9 Å². The second-order valence-electron chi connectivity index (χ2n) is 6.31. The van der Waals surface area contributed by atoms with E-state index in [0.29, 0.717) is 12.1 Å². The Hall–Kier alpha value is -2.22. The molecular formula is C19H25N3O3S. The standard InChI is InChI=1S/C19H25N3O3S/c1-20-19(23)16-10-12-17(13-11-16)26(24,25)22(4)18(14-21(2)3)15-8-6-5-7-9-15/h5-13,18H,14H2,1-4H3,(H,20,23). The lowest BCUT2D eigenvalue weighted by Gasteiger charge is -2.30. The van der Waals surface area contributed by atoms with E-state index >= 15 is 0 Å². The molecule has 26 heavy (non-hydrogen) atoms. The van der Waals surface area contributed by atoms with E-state index in [1.54, 1.807) is 7.05 Å². The van der Waals surface area contributed by atoms with Crippen molar-refractivity contribution in [3.05, 3.63) is 65.7 Å². The number of benzene rings is 2. The van der Waals surface area contributed by atoms with Crippen molar-refractivity contribution in [3.8, 4) is 0 Å². The van der Waals surface area contributed by atoms with E-state index in [2.05, 4.69) is 5.32 Å². The fourth-order valence-electron chi connectivity index (χ4n) is 2.71. The number of carbonyl (C=O) groups excluding carboxylic acids is 1. The molecule has 140 valence electrons. The van der Waals surface area contributed by atoms with Gasteiger partial charge < -0.3 is 10.2 Å². The fourth-order valence-corrected chi connectivity index (χ4v) is 4.04. The van der Waals surface area contributed by atoms with Crippen LogP contribution in [0.2, 0.25) is 0 Å². The second-order valence-corrected chi connectivity index (χ2v) is 8.31. The maximum absolute atomic E-state index is 13.1. The molecule has 0 aromatic heterocycles. The molecule has 7 heteroatoms. The molecule has 6 nitrogen and oxygen atoms in total. The maximum Gasteiger partial charge on any atom is 0.251 e. The summed E-state index contributed by atoms with van der Waals surface area (Å²) in [5.41, 5.74) is 1.34. The van der Waals surface area contributed by atoms with Crippen LogP contribution in [0.15, 0.2) is 59.5 Å². The monoisotopic (exact) mass is 375 g/mol. The Bertz CT molecular complexity index is 834. The smallest absolute Gasteiger partial charge is 0.251 e. The summed E-state index contributed by atoms with van der Waals surface area (Å²) in [7, 11) is 3.24. The summed E-state index contributed by atoms with van der Waals surface area (Å²) >= 11 is 0. The topological polar surface area (TPSA) is 69.7 Å². The Balaban J connectivity index is 2.37. The number of sulfonamides is 1. The highest BCUT2D eigenvalue weighted by molar-refractivity contribution is 7.89. The largest absolute Gasteiger partial charge is 0.355 e. The van der Waals surface area contributed by atoms with Gasteiger partial charge in [-0.15, -0.1) is 0 Å². The lowest BCUT2D eigenvalue weighted by molar-refractivity contribution is 0.0963. The minimum Gasteiger partial charge on any atom is -0.355 e. The van der Waals surface area contributed by atoms with Gasteiger partial charge in [-0.1, -0.05) is 30.3 Å². The molecule has 2 aromatic carbocycles. The predicted molar refractivity (Wildman–Crippen MR) is 103 cm³/mol. The first kappa shape index (κ1) is 20.1. The van der Waals surface area contributed by atoms with Crippen LogP contribution in [-0.4, -0.2) is 58.3 Å². The zero-order valence-electron chi connectivity index (χ0n) is 15.5. The molecule has 0 aliphatic carbocycles. The summed E-state index contributed by atoms with van der Waals surface area (Å²) in [5.74, 6) is -0.253. The third-order valence-corrected chi connectivity index (χ3v) is 6.06. The van der Waals surface area contributed by atoms with Gasteiger partial charge >= 0.3 is 0 Å². The zero-order valence-corrected chi connectivity index (χ0v) is 16.3. The van der Waals surface area contributed by atoms with Gasteiger partial charge in [0.1, 0.15) is 0 Å². The van der Waals surface area contributed by atoms with E-state index in [1.165, 1.54) is 35.6 Å². The Morgan fingerprint density at radius 2 is 1.58 bits per heavy atom. The summed E-state index contributed by atoms with van der Waals surface area (Å²) in [5, 5.41) is 2.52. The first-order valence-electron chi connectivity index (χ1n) is 8.27. The number of nitrogens with one attached hydrogen (secondary N) is 1. The van der Waals surface area contributed by atoms with Crippen molar-refractivity contribution in [1.29, 1.82) is 0 Å². The number of hydrogen-bond donors (Lipinski definition) is 1. The summed E-state index contributed by atoms with van der Waals surface area (Å²) < 4.78 is 27.6. The molecule has 2 rings (SSSR count). The Kier molecular flexibility index (Phi) is 6.52. The summed E-state index contributed by atoms with van der Waals surface area (Å²) in [6, 6.07) is 15.2. The Labute approximate surface area is 155 Å². The van der Waals surface area contributed by atoms with Crippen molar-refractivity contribution in [1.82, 2.24) is 14.5 Å². The van der Waals surface area contributed by atoms with Crippen LogP contribution < -0.4 is 5.32 Å². The molecule has 0 spiro atoms. The van der Waals surface area contributed by atoms with Gasteiger partial charge in [-0.3, -0.25) is 4.79 Å². The highest BCUT2D eigenvalue weighted by atomic mass is 32.2. The van der Waals surface area contributed by atoms with Gasteiger partial charge in [0, 0.05) is 26.2 Å². The third kappa shape index (κ3) is 4.49. The number of nitrogens with zero attached hydrogens (tertiary/aromatic N) is 2. The van der Waals surface area contributed by atoms with Crippen LogP contribution in [0, 0.1) is 0 Å². The molecule has 0 radical (unpaired) electrons. The van der Waals surface area contributed by atoms with Crippen LogP contribution in [0.5, 0.6) is 0 Å². The van der Waals surface area contributed by atoms with E-state index in [4.69, 9.17) is 0 Å². The maximum atomic E-state index is 13.1. The number of carbonyl (C=O) groups is 1. The minimum atomic E-state index is -3.71. The third-order valence-electron chi connectivity index (χ3n) is 4.18. The Morgan fingerprint density at radius 3 is 2.08 bits per heavy atom. The molecular weight excluding hydrogens is 350 g/mol. The van der Waals surface area contributed by atoms with Crippen LogP contribution in [0.4, 0.5) is 0 Å². The highest BCUT2D eigenvalue weighted by Gasteiger charge is 2.29. The molecule has 0 aliphatic rings. The van der Waals surface area contributed by atoms with Crippen molar-refractivity contribution < 1.29 is 13.2 Å². The molecule has 1 amide bonds. The molecule has 2 aromatic rings. The summed E-state index contributed by atoms with van der Waals surface area (Å²) in [6.07, 6.45) is 0. The molecule has 0 saturated heterocycles. The molecule has 0 aliphatic heterocycles. The summed E-state index contributed by atoms with van der Waals surface area (Å²) in [6.45, 7) is 0.552. The minimum absolute atomic E-state index is 0.160. The van der Waals surface area contributed by atoms with Crippen LogP contribution in [0.3, 0.4) is 0 Å². The fraction of sp³-hybridized carbons (Fsp3) is 0.316. The molecule has 1 unspecified atom stereocenters. The van der Waals surface area contributed by atoms with Crippen LogP contribution in [0.1, 0.15) is 22.0 Å². The molecule has 1 atom stereocenters. The number of hydrogen-bond acceptors (Lipinski definition) is 4. The van der Waals surface area contributed by atoms with E-state index in [1.807, 2.05) is 49.3 Å². The molecule has 0 saturated carbocycles. The lowest BCUT2D eigenvalue weighted by Crippen LogP contribution is -2.37. The van der Waals surface area contributed by atoms with Gasteiger partial charge in [0.25, 0.3) is 5.91 Å². The van der Waals surface area contributed by atoms with Crippen molar-refractivity contribution in [2.24, 2.45) is 0 Å². The Morgan fingerprint density at radius 1 is 1.00 bits per heavy atom. The number of rotatable bonds is 7. The molecule has 0 fully saturated rings. The first-order valence-corrected chi connectivity index (χ1v) is 9.71. The van der Waals surface area contributed by atoms with Gasteiger partial charge in [-0.05, 0) is 43.9 Å². The highest BCUT2D eigenvalue weighted by Crippen LogP contribution is 2.26. The van der Waals surface area contributed by atoms with Crippen LogP contribution >= 0.6 is 0 Å². The SMILES string of the molecule is CNC(=O)c1ccc(S(=O)(=O)N(C)C(CN(C)C)c2ccccc2)cc1.